The van der Waals surface area contributed by atoms with Gasteiger partial charge in [0, 0.05) is 31.7 Å². The van der Waals surface area contributed by atoms with E-state index in [1.807, 2.05) is 0 Å². The Labute approximate surface area is 122 Å². The molecule has 21 heavy (non-hydrogen) atoms. The van der Waals surface area contributed by atoms with E-state index in [9.17, 15) is 8.78 Å². The molecule has 1 fully saturated rings. The normalized spacial score (nSPS) is 17.9. The molecule has 0 bridgehead atoms. The summed E-state index contributed by atoms with van der Waals surface area (Å²) in [7, 11) is 0. The molecule has 0 radical (unpaired) electrons. The van der Waals surface area contributed by atoms with Gasteiger partial charge in [0.25, 0.3) is 0 Å². The number of piperazine rings is 1. The van der Waals surface area contributed by atoms with Crippen molar-refractivity contribution in [3.8, 4) is 0 Å². The Balaban J connectivity index is 2.09. The van der Waals surface area contributed by atoms with Gasteiger partial charge < -0.3 is 9.73 Å². The van der Waals surface area contributed by atoms with Crippen molar-refractivity contribution in [3.63, 3.8) is 0 Å². The van der Waals surface area contributed by atoms with Crippen LogP contribution in [0.1, 0.15) is 22.9 Å². The predicted molar refractivity (Wildman–Crippen MR) is 76.1 cm³/mol. The molecule has 0 aliphatic carbocycles. The Bertz CT molecular complexity index is 607. The molecule has 1 aromatic heterocycles. The fraction of sp³-hybridized carbons (Fsp3) is 0.375. The van der Waals surface area contributed by atoms with Crippen LogP contribution in [0.5, 0.6) is 0 Å². The zero-order valence-electron chi connectivity index (χ0n) is 11.9. The number of furan rings is 1. The first kappa shape index (κ1) is 14.2. The number of benzene rings is 1. The van der Waals surface area contributed by atoms with Crippen molar-refractivity contribution in [2.75, 3.05) is 26.2 Å². The molecule has 3 nitrogen and oxygen atoms in total. The molecule has 1 aromatic carbocycles. The Morgan fingerprint density at radius 1 is 1.19 bits per heavy atom. The summed E-state index contributed by atoms with van der Waals surface area (Å²) in [5.74, 6) is -0.451. The molecule has 1 N–H and O–H groups in total. The summed E-state index contributed by atoms with van der Waals surface area (Å²) in [5, 5.41) is 3.25. The van der Waals surface area contributed by atoms with E-state index in [0.29, 0.717) is 11.3 Å². The van der Waals surface area contributed by atoms with E-state index in [1.165, 1.54) is 18.4 Å². The molecule has 1 atom stereocenters. The van der Waals surface area contributed by atoms with Crippen LogP contribution >= 0.6 is 0 Å². The molecule has 0 amide bonds. The summed E-state index contributed by atoms with van der Waals surface area (Å²) in [6, 6.07) is 5.78. The molecule has 2 aromatic rings. The molecule has 0 unspecified atom stereocenters. The number of nitrogens with zero attached hydrogens (tertiary/aromatic N) is 1. The Morgan fingerprint density at radius 3 is 2.62 bits per heavy atom. The van der Waals surface area contributed by atoms with E-state index < -0.39 is 17.7 Å². The zero-order chi connectivity index (χ0) is 14.8. The van der Waals surface area contributed by atoms with Crippen molar-refractivity contribution >= 4 is 0 Å². The van der Waals surface area contributed by atoms with Crippen LogP contribution in [-0.4, -0.2) is 31.1 Å². The lowest BCUT2D eigenvalue weighted by Crippen LogP contribution is -2.45. The molecule has 1 aliphatic rings. The molecule has 2 heterocycles. The molecule has 0 saturated carbocycles. The van der Waals surface area contributed by atoms with E-state index in [-0.39, 0.29) is 5.56 Å². The third-order valence-electron chi connectivity index (χ3n) is 3.92. The summed E-state index contributed by atoms with van der Waals surface area (Å²) in [6.45, 7) is 4.68. The van der Waals surface area contributed by atoms with Crippen molar-refractivity contribution < 1.29 is 13.2 Å². The van der Waals surface area contributed by atoms with Gasteiger partial charge in [-0.25, -0.2) is 8.78 Å². The van der Waals surface area contributed by atoms with Crippen molar-refractivity contribution in [3.05, 3.63) is 59.1 Å². The van der Waals surface area contributed by atoms with Crippen LogP contribution in [0.3, 0.4) is 0 Å². The standard InChI is InChI=1S/C16H18F2N2O/c1-11-4-5-12(17)14(15(11)18)16(13-3-2-10-21-13)20-8-6-19-7-9-20/h2-5,10,16,19H,6-9H2,1H3/t16-/m0/s1. The number of hydrogen-bond acceptors (Lipinski definition) is 3. The molecular weight excluding hydrogens is 274 g/mol. The number of aryl methyl sites for hydroxylation is 1. The average molecular weight is 292 g/mol. The van der Waals surface area contributed by atoms with Crippen LogP contribution in [0, 0.1) is 18.6 Å². The molecule has 0 spiro atoms. The van der Waals surface area contributed by atoms with Gasteiger partial charge in [0.1, 0.15) is 17.4 Å². The van der Waals surface area contributed by atoms with E-state index in [2.05, 4.69) is 10.2 Å². The highest BCUT2D eigenvalue weighted by molar-refractivity contribution is 5.33. The van der Waals surface area contributed by atoms with Crippen molar-refractivity contribution in [2.45, 2.75) is 13.0 Å². The maximum absolute atomic E-state index is 14.5. The highest BCUT2D eigenvalue weighted by Gasteiger charge is 2.31. The summed E-state index contributed by atoms with van der Waals surface area (Å²) >= 11 is 0. The van der Waals surface area contributed by atoms with Crippen molar-refractivity contribution in [1.29, 1.82) is 0 Å². The largest absolute Gasteiger partial charge is 0.467 e. The summed E-state index contributed by atoms with van der Waals surface area (Å²) in [6.07, 6.45) is 1.54. The number of nitrogens with one attached hydrogen (secondary N) is 1. The van der Waals surface area contributed by atoms with Crippen LogP contribution in [0.15, 0.2) is 34.9 Å². The van der Waals surface area contributed by atoms with Gasteiger partial charge in [0.2, 0.25) is 0 Å². The monoisotopic (exact) mass is 292 g/mol. The van der Waals surface area contributed by atoms with Gasteiger partial charge in [0.05, 0.1) is 12.3 Å². The van der Waals surface area contributed by atoms with Gasteiger partial charge in [0.15, 0.2) is 0 Å². The number of halogens is 2. The van der Waals surface area contributed by atoms with Gasteiger partial charge in [-0.05, 0) is 30.7 Å². The van der Waals surface area contributed by atoms with Gasteiger partial charge in [-0.2, -0.15) is 0 Å². The van der Waals surface area contributed by atoms with E-state index in [4.69, 9.17) is 4.42 Å². The molecule has 1 aliphatic heterocycles. The van der Waals surface area contributed by atoms with Gasteiger partial charge >= 0.3 is 0 Å². The van der Waals surface area contributed by atoms with Crippen LogP contribution in [0.25, 0.3) is 0 Å². The lowest BCUT2D eigenvalue weighted by Gasteiger charge is -2.34. The zero-order valence-corrected chi connectivity index (χ0v) is 11.9. The first-order valence-electron chi connectivity index (χ1n) is 7.11. The topological polar surface area (TPSA) is 28.4 Å². The summed E-state index contributed by atoms with van der Waals surface area (Å²) in [4.78, 5) is 2.05. The first-order valence-corrected chi connectivity index (χ1v) is 7.11. The van der Waals surface area contributed by atoms with Crippen LogP contribution in [0.4, 0.5) is 8.78 Å². The minimum atomic E-state index is -0.530. The summed E-state index contributed by atoms with van der Waals surface area (Å²) < 4.78 is 34.3. The maximum atomic E-state index is 14.5. The van der Waals surface area contributed by atoms with Gasteiger partial charge in [-0.1, -0.05) is 6.07 Å². The second-order valence-corrected chi connectivity index (χ2v) is 5.30. The minimum Gasteiger partial charge on any atom is -0.467 e. The van der Waals surface area contributed by atoms with Crippen molar-refractivity contribution in [2.24, 2.45) is 0 Å². The van der Waals surface area contributed by atoms with Crippen LogP contribution in [-0.2, 0) is 0 Å². The quantitative estimate of drug-likeness (QED) is 0.943. The van der Waals surface area contributed by atoms with E-state index >= 15 is 0 Å². The molecule has 3 rings (SSSR count). The van der Waals surface area contributed by atoms with Crippen LogP contribution < -0.4 is 5.32 Å². The molecule has 5 heteroatoms. The van der Waals surface area contributed by atoms with Gasteiger partial charge in [-0.3, -0.25) is 4.90 Å². The molecule has 112 valence electrons. The first-order chi connectivity index (χ1) is 10.2. The Morgan fingerprint density at radius 2 is 1.95 bits per heavy atom. The minimum absolute atomic E-state index is 0.0758. The number of rotatable bonds is 3. The smallest absolute Gasteiger partial charge is 0.134 e. The van der Waals surface area contributed by atoms with E-state index in [0.717, 1.165) is 26.2 Å². The lowest BCUT2D eigenvalue weighted by molar-refractivity contribution is 0.173. The lowest BCUT2D eigenvalue weighted by atomic mass is 9.98. The Hall–Kier alpha value is -1.72. The van der Waals surface area contributed by atoms with E-state index in [1.54, 1.807) is 19.1 Å². The van der Waals surface area contributed by atoms with Crippen molar-refractivity contribution in [1.82, 2.24) is 10.2 Å². The fourth-order valence-electron chi connectivity index (χ4n) is 2.82. The second-order valence-electron chi connectivity index (χ2n) is 5.30. The highest BCUT2D eigenvalue weighted by Crippen LogP contribution is 2.33. The highest BCUT2D eigenvalue weighted by atomic mass is 19.1. The SMILES string of the molecule is Cc1ccc(F)c([C@H](c2ccco2)N2CCNCC2)c1F. The second kappa shape index (κ2) is 5.95. The van der Waals surface area contributed by atoms with Gasteiger partial charge in [-0.15, -0.1) is 0 Å². The number of hydrogen-bond donors (Lipinski definition) is 1. The Kier molecular flexibility index (Phi) is 4.03. The predicted octanol–water partition coefficient (Wildman–Crippen LogP) is 2.86. The average Bonchev–Trinajstić information content (AvgIpc) is 3.02. The summed E-state index contributed by atoms with van der Waals surface area (Å²) in [5.41, 5.74) is 0.518. The van der Waals surface area contributed by atoms with Crippen LogP contribution in [0.2, 0.25) is 0 Å². The molecular formula is C16H18F2N2O. The fourth-order valence-corrected chi connectivity index (χ4v) is 2.82. The maximum Gasteiger partial charge on any atom is 0.134 e. The third-order valence-corrected chi connectivity index (χ3v) is 3.92. The third kappa shape index (κ3) is 2.71. The molecule has 1 saturated heterocycles.